The predicted molar refractivity (Wildman–Crippen MR) is 136 cm³/mol. The van der Waals surface area contributed by atoms with Crippen LogP contribution in [0.3, 0.4) is 0 Å². The monoisotopic (exact) mass is 414 g/mol. The summed E-state index contributed by atoms with van der Waals surface area (Å²) in [6.45, 7) is 16.6. The van der Waals surface area contributed by atoms with E-state index in [1.807, 2.05) is 30.6 Å². The molecule has 0 nitrogen and oxygen atoms in total. The van der Waals surface area contributed by atoms with Gasteiger partial charge >= 0.3 is 0 Å². The molecule has 0 heteroatoms. The largest absolute Gasteiger partial charge is 0.0802 e. The molecule has 4 rings (SSSR count). The third-order valence-corrected chi connectivity index (χ3v) is 9.55. The molecule has 1 saturated carbocycles. The van der Waals surface area contributed by atoms with E-state index in [9.17, 15) is 0 Å². The standard InChI is InChI=1S/C27H44.C2H6.CH4/c1-19(2)9-6-7-11-21-12-14-24-22-13-15-23-20(3)10-8-17-27(23,5)25(22)16-18-26(21,24)4;1-2;/h14,19-21,23H,6-13,15-18H2,1-5H3;1-2H3;1H4. The van der Waals surface area contributed by atoms with Gasteiger partial charge in [0, 0.05) is 0 Å². The van der Waals surface area contributed by atoms with Crippen molar-refractivity contribution < 1.29 is 0 Å². The van der Waals surface area contributed by atoms with Crippen LogP contribution in [0.1, 0.15) is 133 Å². The van der Waals surface area contributed by atoms with Gasteiger partial charge in [-0.1, -0.05) is 99.6 Å². The zero-order valence-corrected chi connectivity index (χ0v) is 20.9. The molecular formula is C30H54. The Hall–Kier alpha value is -0.520. The van der Waals surface area contributed by atoms with Gasteiger partial charge in [-0.15, -0.1) is 0 Å². The SMILES string of the molecule is C.CC.CC(C)CCCCC1CC=C2C3=C(CCC21C)C1(C)CCCC(C)C1CC3. The fourth-order valence-electron chi connectivity index (χ4n) is 7.86. The molecule has 0 bridgehead atoms. The van der Waals surface area contributed by atoms with Gasteiger partial charge in [-0.3, -0.25) is 0 Å². The summed E-state index contributed by atoms with van der Waals surface area (Å²) in [5.74, 6) is 3.69. The molecule has 1 fully saturated rings. The molecule has 0 heterocycles. The quantitative estimate of drug-likeness (QED) is 0.392. The van der Waals surface area contributed by atoms with Crippen LogP contribution in [0, 0.1) is 34.5 Å². The fraction of sp³-hybridized carbons (Fsp3) is 0.867. The first-order valence-corrected chi connectivity index (χ1v) is 13.3. The Kier molecular flexibility index (Phi) is 8.92. The molecule has 30 heavy (non-hydrogen) atoms. The summed E-state index contributed by atoms with van der Waals surface area (Å²) in [4.78, 5) is 0. The van der Waals surface area contributed by atoms with Crippen molar-refractivity contribution in [3.05, 3.63) is 22.8 Å². The van der Waals surface area contributed by atoms with Crippen LogP contribution in [0.5, 0.6) is 0 Å². The molecule has 0 radical (unpaired) electrons. The molecule has 0 spiro atoms. The fourth-order valence-corrected chi connectivity index (χ4v) is 7.86. The van der Waals surface area contributed by atoms with Crippen LogP contribution in [0.15, 0.2) is 22.8 Å². The lowest BCUT2D eigenvalue weighted by Gasteiger charge is -2.54. The Morgan fingerprint density at radius 2 is 1.73 bits per heavy atom. The summed E-state index contributed by atoms with van der Waals surface area (Å²) in [5.41, 5.74) is 6.65. The third-order valence-electron chi connectivity index (χ3n) is 9.55. The summed E-state index contributed by atoms with van der Waals surface area (Å²) in [6, 6.07) is 0. The van der Waals surface area contributed by atoms with Gasteiger partial charge in [0.25, 0.3) is 0 Å². The Morgan fingerprint density at radius 1 is 1.00 bits per heavy atom. The second kappa shape index (κ2) is 10.4. The molecule has 174 valence electrons. The minimum absolute atomic E-state index is 0. The maximum Gasteiger partial charge on any atom is -0.00415 e. The maximum absolute atomic E-state index is 2.71. The summed E-state index contributed by atoms with van der Waals surface area (Å²) in [7, 11) is 0. The number of fused-ring (bicyclic) bond motifs is 4. The Morgan fingerprint density at radius 3 is 2.43 bits per heavy atom. The van der Waals surface area contributed by atoms with Crippen molar-refractivity contribution in [1.29, 1.82) is 0 Å². The highest BCUT2D eigenvalue weighted by atomic mass is 14.6. The molecule has 0 aromatic carbocycles. The molecule has 0 aromatic heterocycles. The average molecular weight is 415 g/mol. The van der Waals surface area contributed by atoms with E-state index in [4.69, 9.17) is 0 Å². The van der Waals surface area contributed by atoms with Gasteiger partial charge in [-0.25, -0.2) is 0 Å². The number of unbranched alkanes of at least 4 members (excludes halogenated alkanes) is 1. The predicted octanol–water partition coefficient (Wildman–Crippen LogP) is 10.1. The number of hydrogen-bond donors (Lipinski definition) is 0. The van der Waals surface area contributed by atoms with Gasteiger partial charge in [-0.2, -0.15) is 0 Å². The molecule has 5 atom stereocenters. The van der Waals surface area contributed by atoms with E-state index in [1.165, 1.54) is 77.0 Å². The molecule has 0 saturated heterocycles. The van der Waals surface area contributed by atoms with E-state index >= 15 is 0 Å². The first-order chi connectivity index (χ1) is 13.9. The lowest BCUT2D eigenvalue weighted by molar-refractivity contribution is 0.0698. The average Bonchev–Trinajstić information content (AvgIpc) is 3.03. The van der Waals surface area contributed by atoms with Crippen LogP contribution in [0.4, 0.5) is 0 Å². The summed E-state index contributed by atoms with van der Waals surface area (Å²) < 4.78 is 0. The normalized spacial score (nSPS) is 37.3. The van der Waals surface area contributed by atoms with Gasteiger partial charge < -0.3 is 0 Å². The summed E-state index contributed by atoms with van der Waals surface area (Å²) >= 11 is 0. The zero-order valence-electron chi connectivity index (χ0n) is 20.9. The second-order valence-corrected chi connectivity index (χ2v) is 11.5. The van der Waals surface area contributed by atoms with Gasteiger partial charge in [0.05, 0.1) is 0 Å². The minimum atomic E-state index is 0. The number of hydrogen-bond acceptors (Lipinski definition) is 0. The Labute approximate surface area is 190 Å². The van der Waals surface area contributed by atoms with E-state index < -0.39 is 0 Å². The summed E-state index contributed by atoms with van der Waals surface area (Å²) in [5, 5.41) is 0. The van der Waals surface area contributed by atoms with Crippen molar-refractivity contribution in [3.63, 3.8) is 0 Å². The molecular weight excluding hydrogens is 360 g/mol. The van der Waals surface area contributed by atoms with E-state index in [-0.39, 0.29) is 7.43 Å². The molecule has 0 amide bonds. The zero-order chi connectivity index (χ0) is 21.2. The third kappa shape index (κ3) is 4.49. The van der Waals surface area contributed by atoms with Crippen molar-refractivity contribution in [2.75, 3.05) is 0 Å². The number of rotatable bonds is 5. The van der Waals surface area contributed by atoms with Crippen molar-refractivity contribution in [2.45, 2.75) is 133 Å². The maximum atomic E-state index is 2.71. The highest BCUT2D eigenvalue weighted by Crippen LogP contribution is 2.64. The molecule has 4 aliphatic rings. The van der Waals surface area contributed by atoms with Crippen LogP contribution < -0.4 is 0 Å². The lowest BCUT2D eigenvalue weighted by atomic mass is 9.50. The van der Waals surface area contributed by atoms with Crippen LogP contribution >= 0.6 is 0 Å². The van der Waals surface area contributed by atoms with Gasteiger partial charge in [-0.05, 0) is 90.6 Å². The molecule has 5 unspecified atom stereocenters. The van der Waals surface area contributed by atoms with Crippen molar-refractivity contribution >= 4 is 0 Å². The van der Waals surface area contributed by atoms with Crippen LogP contribution in [0.25, 0.3) is 0 Å². The van der Waals surface area contributed by atoms with Crippen molar-refractivity contribution in [3.8, 4) is 0 Å². The number of allylic oxidation sites excluding steroid dienone is 4. The first-order valence-electron chi connectivity index (χ1n) is 13.3. The van der Waals surface area contributed by atoms with Crippen molar-refractivity contribution in [1.82, 2.24) is 0 Å². The molecule has 0 N–H and O–H groups in total. The molecule has 0 aliphatic heterocycles. The van der Waals surface area contributed by atoms with Gasteiger partial charge in [0.1, 0.15) is 0 Å². The minimum Gasteiger partial charge on any atom is -0.0802 e. The molecule has 4 aliphatic carbocycles. The van der Waals surface area contributed by atoms with Crippen LogP contribution in [-0.2, 0) is 0 Å². The Balaban J connectivity index is 0.00000104. The van der Waals surface area contributed by atoms with E-state index in [0.29, 0.717) is 10.8 Å². The first kappa shape index (κ1) is 25.7. The topological polar surface area (TPSA) is 0 Å². The highest BCUT2D eigenvalue weighted by molar-refractivity contribution is 5.49. The highest BCUT2D eigenvalue weighted by Gasteiger charge is 2.52. The van der Waals surface area contributed by atoms with Crippen molar-refractivity contribution in [2.24, 2.45) is 34.5 Å². The Bertz CT molecular complexity index is 620. The smallest absolute Gasteiger partial charge is 0.00415 e. The second-order valence-electron chi connectivity index (χ2n) is 11.5. The van der Waals surface area contributed by atoms with E-state index in [1.54, 1.807) is 0 Å². The van der Waals surface area contributed by atoms with Gasteiger partial charge in [0.15, 0.2) is 0 Å². The lowest BCUT2D eigenvalue weighted by Crippen LogP contribution is -2.43. The molecule has 0 aromatic rings. The summed E-state index contributed by atoms with van der Waals surface area (Å²) in [6.07, 6.45) is 19.9. The van der Waals surface area contributed by atoms with E-state index in [0.717, 1.165) is 23.7 Å². The van der Waals surface area contributed by atoms with Gasteiger partial charge in [0.2, 0.25) is 0 Å². The van der Waals surface area contributed by atoms with Crippen LogP contribution in [-0.4, -0.2) is 0 Å². The van der Waals surface area contributed by atoms with Crippen LogP contribution in [0.2, 0.25) is 0 Å². The van der Waals surface area contributed by atoms with E-state index in [2.05, 4.69) is 40.7 Å².